The van der Waals surface area contributed by atoms with Gasteiger partial charge in [-0.2, -0.15) is 0 Å². The molecule has 1 atom stereocenters. The van der Waals surface area contributed by atoms with Crippen LogP contribution < -0.4 is 16.4 Å². The molecule has 26 heavy (non-hydrogen) atoms. The summed E-state index contributed by atoms with van der Waals surface area (Å²) in [6.07, 6.45) is 7.87. The molecule has 0 fully saturated rings. The van der Waals surface area contributed by atoms with Gasteiger partial charge >= 0.3 is 0 Å². The normalized spacial score (nSPS) is 12.8. The predicted molar refractivity (Wildman–Crippen MR) is 104 cm³/mol. The van der Waals surface area contributed by atoms with E-state index in [1.807, 2.05) is 35.9 Å². The maximum absolute atomic E-state index is 12.0. The number of rotatable bonds is 10. The molecular weight excluding hydrogens is 328 g/mol. The Morgan fingerprint density at radius 3 is 2.85 bits per heavy atom. The first-order chi connectivity index (χ1) is 12.4. The molecule has 1 amide bonds. The Balaban J connectivity index is 1.83. The molecule has 0 aliphatic rings. The largest absolute Gasteiger partial charge is 0.330 e. The van der Waals surface area contributed by atoms with Gasteiger partial charge in [-0.05, 0) is 45.4 Å². The standard InChI is InChI=1S/C19H30N6O/c1-4-7-16(20)18(26)24-17-13-25(14-23-17)19(2,3)9-11-21-12-15-8-5-6-10-22-15/h5-6,8,10,13-14,16,21H,4,7,9,11-12,20H2,1-3H3,(H,24,26). The minimum Gasteiger partial charge on any atom is -0.330 e. The summed E-state index contributed by atoms with van der Waals surface area (Å²) < 4.78 is 2.02. The monoisotopic (exact) mass is 358 g/mol. The Hall–Kier alpha value is -2.25. The van der Waals surface area contributed by atoms with Gasteiger partial charge in [0.25, 0.3) is 0 Å². The highest BCUT2D eigenvalue weighted by Crippen LogP contribution is 2.21. The highest BCUT2D eigenvalue weighted by Gasteiger charge is 2.21. The fraction of sp³-hybridized carbons (Fsp3) is 0.526. The zero-order valence-corrected chi connectivity index (χ0v) is 15.9. The van der Waals surface area contributed by atoms with Crippen LogP contribution in [0.1, 0.15) is 45.7 Å². The van der Waals surface area contributed by atoms with Crippen molar-refractivity contribution in [1.82, 2.24) is 19.9 Å². The Labute approximate surface area is 155 Å². The van der Waals surface area contributed by atoms with Gasteiger partial charge < -0.3 is 20.9 Å². The molecule has 0 saturated carbocycles. The maximum Gasteiger partial charge on any atom is 0.242 e. The summed E-state index contributed by atoms with van der Waals surface area (Å²) >= 11 is 0. The van der Waals surface area contributed by atoms with Gasteiger partial charge in [0, 0.05) is 24.5 Å². The van der Waals surface area contributed by atoms with Gasteiger partial charge in [-0.25, -0.2) is 4.98 Å². The van der Waals surface area contributed by atoms with Crippen molar-refractivity contribution in [2.75, 3.05) is 11.9 Å². The third-order valence-electron chi connectivity index (χ3n) is 4.42. The second-order valence-corrected chi connectivity index (χ2v) is 7.11. The van der Waals surface area contributed by atoms with Gasteiger partial charge in [0.2, 0.25) is 5.91 Å². The highest BCUT2D eigenvalue weighted by molar-refractivity contribution is 5.93. The van der Waals surface area contributed by atoms with E-state index in [1.165, 1.54) is 0 Å². The van der Waals surface area contributed by atoms with Crippen LogP contribution >= 0.6 is 0 Å². The molecule has 1 unspecified atom stereocenters. The highest BCUT2D eigenvalue weighted by atomic mass is 16.2. The van der Waals surface area contributed by atoms with Gasteiger partial charge in [0.1, 0.15) is 0 Å². The van der Waals surface area contributed by atoms with Crippen LogP contribution in [0, 0.1) is 0 Å². The molecular formula is C19H30N6O. The van der Waals surface area contributed by atoms with Crippen LogP contribution in [0.4, 0.5) is 5.82 Å². The third-order valence-corrected chi connectivity index (χ3v) is 4.42. The van der Waals surface area contributed by atoms with Crippen LogP contribution in [0.2, 0.25) is 0 Å². The first kappa shape index (κ1) is 20.1. The summed E-state index contributed by atoms with van der Waals surface area (Å²) in [4.78, 5) is 20.6. The zero-order valence-electron chi connectivity index (χ0n) is 15.9. The topological polar surface area (TPSA) is 97.9 Å². The molecule has 0 aliphatic heterocycles. The minimum atomic E-state index is -0.492. The molecule has 0 aliphatic carbocycles. The van der Waals surface area contributed by atoms with Crippen molar-refractivity contribution in [3.05, 3.63) is 42.6 Å². The molecule has 4 N–H and O–H groups in total. The van der Waals surface area contributed by atoms with Crippen molar-refractivity contribution in [3.63, 3.8) is 0 Å². The van der Waals surface area contributed by atoms with Crippen LogP contribution in [0.5, 0.6) is 0 Å². The van der Waals surface area contributed by atoms with E-state index >= 15 is 0 Å². The SMILES string of the molecule is CCCC(N)C(=O)Nc1cn(C(C)(C)CCNCc2ccccn2)cn1. The van der Waals surface area contributed by atoms with Crippen molar-refractivity contribution in [2.45, 2.75) is 58.2 Å². The molecule has 2 aromatic rings. The first-order valence-electron chi connectivity index (χ1n) is 9.14. The van der Waals surface area contributed by atoms with E-state index in [0.717, 1.165) is 31.6 Å². The number of hydrogen-bond donors (Lipinski definition) is 3. The van der Waals surface area contributed by atoms with E-state index < -0.39 is 6.04 Å². The Kier molecular flexibility index (Phi) is 7.29. The molecule has 2 aromatic heterocycles. The number of hydrogen-bond acceptors (Lipinski definition) is 5. The molecule has 2 heterocycles. The maximum atomic E-state index is 12.0. The lowest BCUT2D eigenvalue weighted by Crippen LogP contribution is -2.35. The smallest absolute Gasteiger partial charge is 0.242 e. The molecule has 142 valence electrons. The fourth-order valence-electron chi connectivity index (χ4n) is 2.62. The van der Waals surface area contributed by atoms with Gasteiger partial charge in [0.15, 0.2) is 5.82 Å². The number of nitrogens with two attached hydrogens (primary N) is 1. The van der Waals surface area contributed by atoms with Crippen molar-refractivity contribution in [2.24, 2.45) is 5.73 Å². The molecule has 7 nitrogen and oxygen atoms in total. The van der Waals surface area contributed by atoms with E-state index in [1.54, 1.807) is 12.5 Å². The number of amides is 1. The van der Waals surface area contributed by atoms with Gasteiger partial charge in [-0.1, -0.05) is 19.4 Å². The molecule has 0 radical (unpaired) electrons. The van der Waals surface area contributed by atoms with Crippen molar-refractivity contribution >= 4 is 11.7 Å². The number of imidazole rings is 1. The average molecular weight is 358 g/mol. The van der Waals surface area contributed by atoms with Crippen LogP contribution in [0.25, 0.3) is 0 Å². The second kappa shape index (κ2) is 9.45. The molecule has 0 bridgehead atoms. The van der Waals surface area contributed by atoms with Crippen molar-refractivity contribution in [1.29, 1.82) is 0 Å². The van der Waals surface area contributed by atoms with E-state index in [4.69, 9.17) is 5.73 Å². The predicted octanol–water partition coefficient (Wildman–Crippen LogP) is 2.26. The van der Waals surface area contributed by atoms with E-state index in [0.29, 0.717) is 12.2 Å². The van der Waals surface area contributed by atoms with E-state index in [-0.39, 0.29) is 11.4 Å². The molecule has 0 aromatic carbocycles. The summed E-state index contributed by atoms with van der Waals surface area (Å²) in [6.45, 7) is 7.89. The number of nitrogens with zero attached hydrogens (tertiary/aromatic N) is 3. The van der Waals surface area contributed by atoms with Crippen LogP contribution in [-0.4, -0.2) is 33.0 Å². The van der Waals surface area contributed by atoms with Crippen LogP contribution in [0.15, 0.2) is 36.9 Å². The average Bonchev–Trinajstić information content (AvgIpc) is 3.09. The minimum absolute atomic E-state index is 0.126. The molecule has 0 saturated heterocycles. The lowest BCUT2D eigenvalue weighted by molar-refractivity contribution is -0.117. The van der Waals surface area contributed by atoms with Crippen LogP contribution in [0.3, 0.4) is 0 Å². The lowest BCUT2D eigenvalue weighted by atomic mass is 10.0. The molecule has 7 heteroatoms. The molecule has 2 rings (SSSR count). The zero-order chi connectivity index (χ0) is 19.0. The number of anilines is 1. The summed E-state index contributed by atoms with van der Waals surface area (Å²) in [5.74, 6) is 0.350. The van der Waals surface area contributed by atoms with E-state index in [9.17, 15) is 4.79 Å². The van der Waals surface area contributed by atoms with Gasteiger partial charge in [-0.15, -0.1) is 0 Å². The van der Waals surface area contributed by atoms with Gasteiger partial charge in [0.05, 0.1) is 18.1 Å². The number of carbonyl (C=O) groups excluding carboxylic acids is 1. The van der Waals surface area contributed by atoms with E-state index in [2.05, 4.69) is 34.4 Å². The van der Waals surface area contributed by atoms with Crippen molar-refractivity contribution in [3.8, 4) is 0 Å². The summed E-state index contributed by atoms with van der Waals surface area (Å²) in [5.41, 5.74) is 6.74. The van der Waals surface area contributed by atoms with Crippen LogP contribution in [-0.2, 0) is 16.9 Å². The number of pyridine rings is 1. The molecule has 0 spiro atoms. The second-order valence-electron chi connectivity index (χ2n) is 7.11. The summed E-state index contributed by atoms with van der Waals surface area (Å²) in [6, 6.07) is 5.42. The summed E-state index contributed by atoms with van der Waals surface area (Å²) in [7, 11) is 0. The number of nitrogens with one attached hydrogen (secondary N) is 2. The number of aromatic nitrogens is 3. The Bertz CT molecular complexity index is 682. The van der Waals surface area contributed by atoms with Gasteiger partial charge in [-0.3, -0.25) is 9.78 Å². The fourth-order valence-corrected chi connectivity index (χ4v) is 2.62. The Morgan fingerprint density at radius 2 is 2.15 bits per heavy atom. The third kappa shape index (κ3) is 5.93. The van der Waals surface area contributed by atoms with Crippen molar-refractivity contribution < 1.29 is 4.79 Å². The Morgan fingerprint density at radius 1 is 1.35 bits per heavy atom. The lowest BCUT2D eigenvalue weighted by Gasteiger charge is -2.26. The number of carbonyl (C=O) groups is 1. The summed E-state index contributed by atoms with van der Waals surface area (Å²) in [5, 5.41) is 6.20. The first-order valence-corrected chi connectivity index (χ1v) is 9.14. The quantitative estimate of drug-likeness (QED) is 0.566.